The molecule has 0 saturated heterocycles. The van der Waals surface area contributed by atoms with E-state index < -0.39 is 11.6 Å². The number of hydrogen-bond acceptors (Lipinski definition) is 3. The SMILES string of the molecule is N#Cc1c(-n2c3ccccc3c3ccc(-c4ccnc(-c5ccccc5)c4)cc32)ccc(-c2cc(F)cc(F)c2)c1-n1c2ccccc2c2ccc(-c3ccnc(-c4ccccc4)c3)cc21. The van der Waals surface area contributed by atoms with Crippen molar-refractivity contribution in [2.75, 3.05) is 0 Å². The van der Waals surface area contributed by atoms with Crippen LogP contribution in [0.5, 0.6) is 0 Å². The van der Waals surface area contributed by atoms with E-state index in [9.17, 15) is 5.26 Å². The Kier molecular flexibility index (Phi) is 9.18. The molecule has 0 unspecified atom stereocenters. The quantitative estimate of drug-likeness (QED) is 0.160. The van der Waals surface area contributed by atoms with Gasteiger partial charge in [0.15, 0.2) is 0 Å². The summed E-state index contributed by atoms with van der Waals surface area (Å²) in [5, 5.41) is 15.6. The van der Waals surface area contributed by atoms with Crippen molar-refractivity contribution in [1.29, 1.82) is 5.26 Å². The van der Waals surface area contributed by atoms with Gasteiger partial charge in [-0.1, -0.05) is 127 Å². The fourth-order valence-corrected chi connectivity index (χ4v) is 9.61. The number of aromatic nitrogens is 4. The maximum atomic E-state index is 15.3. The first-order chi connectivity index (χ1) is 32.5. The van der Waals surface area contributed by atoms with Crippen LogP contribution in [0.2, 0.25) is 0 Å². The molecule has 12 aromatic rings. The molecule has 0 spiro atoms. The van der Waals surface area contributed by atoms with Gasteiger partial charge in [0.2, 0.25) is 0 Å². The zero-order valence-electron chi connectivity index (χ0n) is 35.2. The molecule has 4 heterocycles. The van der Waals surface area contributed by atoms with Gasteiger partial charge in [0.05, 0.1) is 44.8 Å². The van der Waals surface area contributed by atoms with E-state index in [1.807, 2.05) is 116 Å². The fraction of sp³-hybridized carbons (Fsp3) is 0. The highest BCUT2D eigenvalue weighted by Crippen LogP contribution is 2.43. The van der Waals surface area contributed by atoms with Crippen LogP contribution in [0.15, 0.2) is 213 Å². The lowest BCUT2D eigenvalue weighted by Crippen LogP contribution is -2.06. The Morgan fingerprint density at radius 2 is 0.848 bits per heavy atom. The van der Waals surface area contributed by atoms with Gasteiger partial charge >= 0.3 is 0 Å². The van der Waals surface area contributed by atoms with Gasteiger partial charge in [-0.3, -0.25) is 9.97 Å². The first-order valence-corrected chi connectivity index (χ1v) is 21.7. The monoisotopic (exact) mass is 851 g/mol. The lowest BCUT2D eigenvalue weighted by molar-refractivity contribution is 0.584. The van der Waals surface area contributed by atoms with Crippen LogP contribution in [0.25, 0.3) is 111 Å². The molecule has 0 aliphatic rings. The van der Waals surface area contributed by atoms with Crippen molar-refractivity contribution in [3.8, 4) is 73.3 Å². The van der Waals surface area contributed by atoms with Crippen LogP contribution in [-0.4, -0.2) is 19.1 Å². The second-order valence-electron chi connectivity index (χ2n) is 16.4. The third kappa shape index (κ3) is 6.43. The Morgan fingerprint density at radius 1 is 0.379 bits per heavy atom. The molecule has 310 valence electrons. The maximum absolute atomic E-state index is 15.3. The minimum Gasteiger partial charge on any atom is -0.308 e. The third-order valence-corrected chi connectivity index (χ3v) is 12.6. The Hall–Kier alpha value is -8.99. The molecular formula is C59H35F2N5. The lowest BCUT2D eigenvalue weighted by Gasteiger charge is -2.20. The number of nitrogens with zero attached hydrogens (tertiary/aromatic N) is 5. The highest BCUT2D eigenvalue weighted by atomic mass is 19.1. The summed E-state index contributed by atoms with van der Waals surface area (Å²) in [7, 11) is 0. The molecule has 0 bridgehead atoms. The van der Waals surface area contributed by atoms with E-state index in [0.29, 0.717) is 28.1 Å². The number of rotatable bonds is 7. The van der Waals surface area contributed by atoms with Crippen LogP contribution >= 0.6 is 0 Å². The summed E-state index contributed by atoms with van der Waals surface area (Å²) in [6, 6.07) is 67.4. The number of benzene rings is 8. The van der Waals surface area contributed by atoms with Crippen molar-refractivity contribution < 1.29 is 8.78 Å². The van der Waals surface area contributed by atoms with Crippen molar-refractivity contribution in [1.82, 2.24) is 19.1 Å². The largest absolute Gasteiger partial charge is 0.308 e. The number of hydrogen-bond donors (Lipinski definition) is 0. The summed E-state index contributed by atoms with van der Waals surface area (Å²) < 4.78 is 34.8. The Morgan fingerprint density at radius 3 is 1.39 bits per heavy atom. The van der Waals surface area contributed by atoms with Crippen molar-refractivity contribution >= 4 is 43.6 Å². The lowest BCUT2D eigenvalue weighted by atomic mass is 9.97. The van der Waals surface area contributed by atoms with Gasteiger partial charge in [-0.25, -0.2) is 8.78 Å². The Balaban J connectivity index is 1.14. The van der Waals surface area contributed by atoms with Crippen molar-refractivity contribution in [2.45, 2.75) is 0 Å². The molecule has 0 aliphatic heterocycles. The topological polar surface area (TPSA) is 59.4 Å². The summed E-state index contributed by atoms with van der Waals surface area (Å²) in [5.41, 5.74) is 13.4. The van der Waals surface area contributed by atoms with E-state index in [1.165, 1.54) is 12.1 Å². The molecule has 0 N–H and O–H groups in total. The smallest absolute Gasteiger partial charge is 0.126 e. The van der Waals surface area contributed by atoms with Crippen LogP contribution in [0.1, 0.15) is 5.56 Å². The summed E-state index contributed by atoms with van der Waals surface area (Å²) >= 11 is 0. The number of para-hydroxylation sites is 2. The molecule has 0 atom stereocenters. The molecule has 8 aromatic carbocycles. The molecule has 0 fully saturated rings. The maximum Gasteiger partial charge on any atom is 0.126 e. The zero-order valence-corrected chi connectivity index (χ0v) is 35.2. The van der Waals surface area contributed by atoms with Crippen LogP contribution in [0.4, 0.5) is 8.78 Å². The van der Waals surface area contributed by atoms with Gasteiger partial charge in [0.25, 0.3) is 0 Å². The third-order valence-electron chi connectivity index (χ3n) is 12.6. The molecular weight excluding hydrogens is 817 g/mol. The first-order valence-electron chi connectivity index (χ1n) is 21.7. The summed E-state index contributed by atoms with van der Waals surface area (Å²) in [6.45, 7) is 0. The molecule has 5 nitrogen and oxygen atoms in total. The van der Waals surface area contributed by atoms with E-state index in [2.05, 4.69) is 104 Å². The average molecular weight is 852 g/mol. The molecule has 0 saturated carbocycles. The molecule has 4 aromatic heterocycles. The van der Waals surface area contributed by atoms with E-state index in [1.54, 1.807) is 0 Å². The fourth-order valence-electron chi connectivity index (χ4n) is 9.61. The molecule has 0 radical (unpaired) electrons. The number of pyridine rings is 2. The Labute approximate surface area is 378 Å². The first kappa shape index (κ1) is 38.7. The van der Waals surface area contributed by atoms with E-state index in [4.69, 9.17) is 0 Å². The zero-order chi connectivity index (χ0) is 44.3. The summed E-state index contributed by atoms with van der Waals surface area (Å²) in [5.74, 6) is -1.42. The van der Waals surface area contributed by atoms with Crippen molar-refractivity contribution in [2.24, 2.45) is 0 Å². The predicted octanol–water partition coefficient (Wildman–Crippen LogP) is 15.2. The molecule has 0 amide bonds. The Bertz CT molecular complexity index is 3900. The molecule has 7 heteroatoms. The van der Waals surface area contributed by atoms with Gasteiger partial charge in [-0.05, 0) is 94.5 Å². The summed E-state index contributed by atoms with van der Waals surface area (Å²) in [4.78, 5) is 9.37. The van der Waals surface area contributed by atoms with Crippen molar-refractivity contribution in [3.63, 3.8) is 0 Å². The molecule has 12 rings (SSSR count). The van der Waals surface area contributed by atoms with Gasteiger partial charge in [0.1, 0.15) is 23.3 Å². The molecule has 0 aliphatic carbocycles. The normalized spacial score (nSPS) is 11.5. The molecule has 66 heavy (non-hydrogen) atoms. The second kappa shape index (κ2) is 15.7. The second-order valence-corrected chi connectivity index (χ2v) is 16.4. The number of nitriles is 1. The van der Waals surface area contributed by atoms with E-state index in [-0.39, 0.29) is 0 Å². The van der Waals surface area contributed by atoms with Crippen molar-refractivity contribution in [3.05, 3.63) is 230 Å². The average Bonchev–Trinajstić information content (AvgIpc) is 3.88. The van der Waals surface area contributed by atoms with Crippen LogP contribution in [0, 0.1) is 23.0 Å². The van der Waals surface area contributed by atoms with Crippen LogP contribution in [0.3, 0.4) is 0 Å². The van der Waals surface area contributed by atoms with E-state index >= 15 is 8.78 Å². The van der Waals surface area contributed by atoms with Gasteiger partial charge in [0, 0.05) is 56.7 Å². The minimum atomic E-state index is -0.712. The number of fused-ring (bicyclic) bond motifs is 6. The highest BCUT2D eigenvalue weighted by Gasteiger charge is 2.25. The van der Waals surface area contributed by atoms with Gasteiger partial charge < -0.3 is 9.13 Å². The van der Waals surface area contributed by atoms with Crippen LogP contribution < -0.4 is 0 Å². The van der Waals surface area contributed by atoms with E-state index in [0.717, 1.165) is 94.4 Å². The minimum absolute atomic E-state index is 0.311. The summed E-state index contributed by atoms with van der Waals surface area (Å²) in [6.07, 6.45) is 3.65. The number of halogens is 2. The van der Waals surface area contributed by atoms with Crippen LogP contribution in [-0.2, 0) is 0 Å². The van der Waals surface area contributed by atoms with Gasteiger partial charge in [-0.2, -0.15) is 5.26 Å². The standard InChI is InChI=1S/C59H35F2N5/c60-44-29-43(30-45(61)35-44)46-23-24-56(65-54-17-9-7-15-47(54)49-21-19-39(33-57(49)65)41-25-27-63-52(31-41)37-11-3-1-4-12-37)51(36-62)59(46)66-55-18-10-8-16-48(55)50-22-20-40(34-58(50)66)42-26-28-64-53(32-42)38-13-5-2-6-14-38/h1-35H. The predicted molar refractivity (Wildman–Crippen MR) is 263 cm³/mol. The van der Waals surface area contributed by atoms with Gasteiger partial charge in [-0.15, -0.1) is 0 Å². The highest BCUT2D eigenvalue weighted by molar-refractivity contribution is 6.13.